The van der Waals surface area contributed by atoms with Crippen LogP contribution in [0, 0.1) is 9.39 Å². The second-order valence-corrected chi connectivity index (χ2v) is 5.51. The van der Waals surface area contributed by atoms with Gasteiger partial charge < -0.3 is 11.1 Å². The van der Waals surface area contributed by atoms with Gasteiger partial charge >= 0.3 is 0 Å². The first-order chi connectivity index (χ1) is 8.60. The molecular formula is C11H9FIN3OS. The molecule has 2 aromatic rings. The molecule has 1 heterocycles. The molecule has 0 atom stereocenters. The van der Waals surface area contributed by atoms with Crippen LogP contribution in [0.1, 0.15) is 15.5 Å². The van der Waals surface area contributed by atoms with Crippen LogP contribution >= 0.6 is 33.9 Å². The van der Waals surface area contributed by atoms with Crippen LogP contribution in [0.15, 0.2) is 23.6 Å². The summed E-state index contributed by atoms with van der Waals surface area (Å²) in [5.41, 5.74) is 6.31. The van der Waals surface area contributed by atoms with Crippen molar-refractivity contribution in [2.24, 2.45) is 5.73 Å². The van der Waals surface area contributed by atoms with Gasteiger partial charge in [-0.15, -0.1) is 11.3 Å². The number of aromatic nitrogens is 1. The zero-order chi connectivity index (χ0) is 13.1. The third kappa shape index (κ3) is 3.03. The molecule has 94 valence electrons. The van der Waals surface area contributed by atoms with Gasteiger partial charge in [-0.05, 0) is 40.8 Å². The Labute approximate surface area is 121 Å². The fourth-order valence-electron chi connectivity index (χ4n) is 1.29. The molecule has 0 radical (unpaired) electrons. The van der Waals surface area contributed by atoms with E-state index < -0.39 is 0 Å². The Morgan fingerprint density at radius 3 is 2.94 bits per heavy atom. The quantitative estimate of drug-likeness (QED) is 0.809. The van der Waals surface area contributed by atoms with Crippen molar-refractivity contribution >= 4 is 45.5 Å². The molecule has 0 unspecified atom stereocenters. The summed E-state index contributed by atoms with van der Waals surface area (Å²) in [5.74, 6) is -0.660. The minimum Gasteiger partial charge on any atom is -0.325 e. The lowest BCUT2D eigenvalue weighted by Crippen LogP contribution is -2.13. The summed E-state index contributed by atoms with van der Waals surface area (Å²) in [5, 5.41) is 5.03. The zero-order valence-electron chi connectivity index (χ0n) is 9.11. The van der Waals surface area contributed by atoms with Gasteiger partial charge in [-0.1, -0.05) is 0 Å². The molecule has 18 heavy (non-hydrogen) atoms. The molecule has 0 aliphatic heterocycles. The predicted molar refractivity (Wildman–Crippen MR) is 77.1 cm³/mol. The summed E-state index contributed by atoms with van der Waals surface area (Å²) >= 11 is 3.30. The first kappa shape index (κ1) is 13.4. The smallest absolute Gasteiger partial charge is 0.275 e. The number of carbonyl (C=O) groups is 1. The van der Waals surface area contributed by atoms with E-state index in [0.29, 0.717) is 26.5 Å². The molecule has 2 rings (SSSR count). The topological polar surface area (TPSA) is 68.0 Å². The van der Waals surface area contributed by atoms with Gasteiger partial charge in [0.15, 0.2) is 0 Å². The number of rotatable bonds is 3. The number of halogens is 2. The van der Waals surface area contributed by atoms with E-state index in [0.717, 1.165) is 0 Å². The largest absolute Gasteiger partial charge is 0.325 e. The van der Waals surface area contributed by atoms with Crippen LogP contribution in [-0.4, -0.2) is 10.9 Å². The second-order valence-electron chi connectivity index (χ2n) is 3.41. The normalized spacial score (nSPS) is 10.4. The lowest BCUT2D eigenvalue weighted by molar-refractivity contribution is 0.102. The number of hydrogen-bond donors (Lipinski definition) is 2. The number of nitrogens with zero attached hydrogens (tertiary/aromatic N) is 1. The molecule has 0 spiro atoms. The van der Waals surface area contributed by atoms with E-state index in [-0.39, 0.29) is 11.7 Å². The summed E-state index contributed by atoms with van der Waals surface area (Å²) in [7, 11) is 0. The van der Waals surface area contributed by atoms with Crippen LogP contribution in [0.25, 0.3) is 0 Å². The van der Waals surface area contributed by atoms with Crippen molar-refractivity contribution in [2.75, 3.05) is 5.32 Å². The third-order valence-corrected chi connectivity index (χ3v) is 3.90. The van der Waals surface area contributed by atoms with Crippen LogP contribution < -0.4 is 11.1 Å². The lowest BCUT2D eigenvalue weighted by Gasteiger charge is -2.05. The maximum absolute atomic E-state index is 12.9. The Kier molecular flexibility index (Phi) is 4.25. The van der Waals surface area contributed by atoms with Gasteiger partial charge in [0.05, 0.1) is 5.69 Å². The van der Waals surface area contributed by atoms with Crippen LogP contribution in [0.5, 0.6) is 0 Å². The van der Waals surface area contributed by atoms with E-state index in [1.54, 1.807) is 5.38 Å². The highest BCUT2D eigenvalue weighted by Crippen LogP contribution is 2.20. The first-order valence-corrected chi connectivity index (χ1v) is 6.97. The summed E-state index contributed by atoms with van der Waals surface area (Å²) < 4.78 is 13.5. The Morgan fingerprint density at radius 1 is 1.56 bits per heavy atom. The minimum atomic E-state index is -0.337. The van der Waals surface area contributed by atoms with Gasteiger partial charge in [0.25, 0.3) is 5.91 Å². The highest BCUT2D eigenvalue weighted by molar-refractivity contribution is 14.1. The van der Waals surface area contributed by atoms with Gasteiger partial charge in [0, 0.05) is 15.5 Å². The van der Waals surface area contributed by atoms with E-state index in [2.05, 4.69) is 10.3 Å². The van der Waals surface area contributed by atoms with E-state index in [9.17, 15) is 9.18 Å². The maximum atomic E-state index is 12.9. The Morgan fingerprint density at radius 2 is 2.33 bits per heavy atom. The van der Waals surface area contributed by atoms with Crippen molar-refractivity contribution in [3.8, 4) is 0 Å². The Bertz CT molecular complexity index is 587. The molecule has 7 heteroatoms. The fraction of sp³-hybridized carbons (Fsp3) is 0.0909. The Balaban J connectivity index is 2.16. The molecule has 0 fully saturated rings. The molecule has 1 aromatic heterocycles. The molecule has 0 saturated heterocycles. The van der Waals surface area contributed by atoms with Gasteiger partial charge in [0.2, 0.25) is 0 Å². The van der Waals surface area contributed by atoms with Crippen LogP contribution in [-0.2, 0) is 6.54 Å². The van der Waals surface area contributed by atoms with Crippen LogP contribution in [0.4, 0.5) is 10.1 Å². The Hall–Kier alpha value is -1.06. The maximum Gasteiger partial charge on any atom is 0.275 e. The summed E-state index contributed by atoms with van der Waals surface area (Å²) in [6.45, 7) is 0.312. The molecule has 0 aliphatic rings. The molecule has 0 bridgehead atoms. The highest BCUT2D eigenvalue weighted by Gasteiger charge is 2.12. The second kappa shape index (κ2) is 5.72. The number of thiazole rings is 1. The molecule has 3 N–H and O–H groups in total. The lowest BCUT2D eigenvalue weighted by atomic mass is 10.3. The van der Waals surface area contributed by atoms with Crippen molar-refractivity contribution in [3.05, 3.63) is 43.7 Å². The number of amides is 1. The van der Waals surface area contributed by atoms with Crippen LogP contribution in [0.2, 0.25) is 0 Å². The first-order valence-electron chi connectivity index (χ1n) is 5.01. The number of nitrogens with one attached hydrogen (secondary N) is 1. The standard InChI is InChI=1S/C11H9FIN3OS/c12-6-1-2-8(7(13)3-6)16-11(17)9-5-18-10(4-14)15-9/h1-3,5H,4,14H2,(H,16,17). The fourth-order valence-corrected chi connectivity index (χ4v) is 2.55. The number of nitrogens with two attached hydrogens (primary N) is 1. The summed E-state index contributed by atoms with van der Waals surface area (Å²) in [6, 6.07) is 4.16. The summed E-state index contributed by atoms with van der Waals surface area (Å²) in [6.07, 6.45) is 0. The molecule has 0 saturated carbocycles. The van der Waals surface area contributed by atoms with Gasteiger partial charge in [-0.3, -0.25) is 4.79 Å². The van der Waals surface area contributed by atoms with Crippen molar-refractivity contribution in [3.63, 3.8) is 0 Å². The molecule has 0 aliphatic carbocycles. The number of hydrogen-bond acceptors (Lipinski definition) is 4. The predicted octanol–water partition coefficient (Wildman–Crippen LogP) is 2.60. The third-order valence-electron chi connectivity index (χ3n) is 2.14. The van der Waals surface area contributed by atoms with E-state index >= 15 is 0 Å². The van der Waals surface area contributed by atoms with Gasteiger partial charge in [-0.2, -0.15) is 0 Å². The molecular weight excluding hydrogens is 368 g/mol. The molecule has 4 nitrogen and oxygen atoms in total. The number of benzene rings is 1. The monoisotopic (exact) mass is 377 g/mol. The van der Waals surface area contributed by atoms with Crippen LogP contribution in [0.3, 0.4) is 0 Å². The van der Waals surface area contributed by atoms with Crippen molar-refractivity contribution < 1.29 is 9.18 Å². The van der Waals surface area contributed by atoms with E-state index in [4.69, 9.17) is 5.73 Å². The van der Waals surface area contributed by atoms with E-state index in [1.165, 1.54) is 29.5 Å². The minimum absolute atomic E-state index is 0.312. The van der Waals surface area contributed by atoms with Gasteiger partial charge in [-0.25, -0.2) is 9.37 Å². The van der Waals surface area contributed by atoms with E-state index in [1.807, 2.05) is 22.6 Å². The molecule has 1 aromatic carbocycles. The number of anilines is 1. The highest BCUT2D eigenvalue weighted by atomic mass is 127. The SMILES string of the molecule is NCc1nc(C(=O)Nc2ccc(F)cc2I)cs1. The zero-order valence-corrected chi connectivity index (χ0v) is 12.1. The average Bonchev–Trinajstić information content (AvgIpc) is 2.81. The summed E-state index contributed by atoms with van der Waals surface area (Å²) in [4.78, 5) is 16.0. The van der Waals surface area contributed by atoms with Crippen molar-refractivity contribution in [1.82, 2.24) is 4.98 Å². The molecule has 1 amide bonds. The van der Waals surface area contributed by atoms with Crippen molar-refractivity contribution in [2.45, 2.75) is 6.54 Å². The average molecular weight is 377 g/mol. The van der Waals surface area contributed by atoms with Gasteiger partial charge in [0.1, 0.15) is 16.5 Å². The number of carbonyl (C=O) groups excluding carboxylic acids is 1. The van der Waals surface area contributed by atoms with Crippen molar-refractivity contribution in [1.29, 1.82) is 0 Å².